The molecule has 110 valence electrons. The van der Waals surface area contributed by atoms with E-state index in [-0.39, 0.29) is 18.2 Å². The Bertz CT molecular complexity index is 663. The second kappa shape index (κ2) is 6.65. The SMILES string of the molecule is CC(=O)c1csc(C(=O)NCC(O)c2ccccc2C)c1. The van der Waals surface area contributed by atoms with Crippen LogP contribution in [0.4, 0.5) is 0 Å². The van der Waals surface area contributed by atoms with Crippen LogP contribution in [0.1, 0.15) is 44.2 Å². The molecule has 0 aliphatic heterocycles. The van der Waals surface area contributed by atoms with E-state index in [1.165, 1.54) is 18.3 Å². The molecule has 0 bridgehead atoms. The Balaban J connectivity index is 1.97. The number of aliphatic hydroxyl groups is 1. The maximum Gasteiger partial charge on any atom is 0.261 e. The second-order valence-electron chi connectivity index (χ2n) is 4.84. The van der Waals surface area contributed by atoms with E-state index in [9.17, 15) is 14.7 Å². The number of Topliss-reactive ketones (excluding diaryl/α,β-unsaturated/α-hetero) is 1. The maximum atomic E-state index is 12.0. The van der Waals surface area contributed by atoms with Crippen LogP contribution in [0.15, 0.2) is 35.7 Å². The zero-order valence-electron chi connectivity index (χ0n) is 11.9. The number of aliphatic hydroxyl groups excluding tert-OH is 1. The molecule has 5 heteroatoms. The number of rotatable bonds is 5. The molecule has 1 amide bonds. The van der Waals surface area contributed by atoms with E-state index >= 15 is 0 Å². The van der Waals surface area contributed by atoms with Crippen LogP contribution in [0, 0.1) is 6.92 Å². The molecule has 4 nitrogen and oxygen atoms in total. The van der Waals surface area contributed by atoms with Crippen LogP contribution in [-0.4, -0.2) is 23.3 Å². The van der Waals surface area contributed by atoms with E-state index in [4.69, 9.17) is 0 Å². The molecule has 1 heterocycles. The zero-order valence-corrected chi connectivity index (χ0v) is 12.7. The van der Waals surface area contributed by atoms with Gasteiger partial charge < -0.3 is 10.4 Å². The Labute approximate surface area is 127 Å². The number of hydrogen-bond donors (Lipinski definition) is 2. The van der Waals surface area contributed by atoms with Gasteiger partial charge in [0.25, 0.3) is 5.91 Å². The van der Waals surface area contributed by atoms with Gasteiger partial charge in [-0.2, -0.15) is 0 Å². The third-order valence-corrected chi connectivity index (χ3v) is 4.16. The fourth-order valence-corrected chi connectivity index (χ4v) is 2.85. The highest BCUT2D eigenvalue weighted by Gasteiger charge is 2.14. The van der Waals surface area contributed by atoms with Crippen LogP contribution in [0.2, 0.25) is 0 Å². The number of carbonyl (C=O) groups excluding carboxylic acids is 2. The smallest absolute Gasteiger partial charge is 0.261 e. The summed E-state index contributed by atoms with van der Waals surface area (Å²) in [6.07, 6.45) is -0.748. The first-order valence-electron chi connectivity index (χ1n) is 6.60. The lowest BCUT2D eigenvalue weighted by molar-refractivity contribution is 0.0920. The Morgan fingerprint density at radius 1 is 1.33 bits per heavy atom. The molecule has 1 aromatic heterocycles. The zero-order chi connectivity index (χ0) is 15.4. The Morgan fingerprint density at radius 3 is 2.67 bits per heavy atom. The molecule has 1 atom stereocenters. The van der Waals surface area contributed by atoms with Gasteiger partial charge in [0, 0.05) is 17.5 Å². The van der Waals surface area contributed by atoms with E-state index in [0.29, 0.717) is 10.4 Å². The monoisotopic (exact) mass is 303 g/mol. The summed E-state index contributed by atoms with van der Waals surface area (Å²) in [5, 5.41) is 14.5. The van der Waals surface area contributed by atoms with Gasteiger partial charge >= 0.3 is 0 Å². The summed E-state index contributed by atoms with van der Waals surface area (Å²) in [6.45, 7) is 3.52. The van der Waals surface area contributed by atoms with Gasteiger partial charge in [-0.15, -0.1) is 11.3 Å². The minimum absolute atomic E-state index is 0.0646. The summed E-state index contributed by atoms with van der Waals surface area (Å²) in [6, 6.07) is 9.08. The average Bonchev–Trinajstić information content (AvgIpc) is 2.95. The number of benzene rings is 1. The maximum absolute atomic E-state index is 12.0. The summed E-state index contributed by atoms with van der Waals surface area (Å²) < 4.78 is 0. The van der Waals surface area contributed by atoms with Crippen LogP contribution >= 0.6 is 11.3 Å². The summed E-state index contributed by atoms with van der Waals surface area (Å²) in [7, 11) is 0. The fourth-order valence-electron chi connectivity index (χ4n) is 1.99. The van der Waals surface area contributed by atoms with E-state index in [1.807, 2.05) is 31.2 Å². The lowest BCUT2D eigenvalue weighted by Gasteiger charge is -2.14. The number of ketones is 1. The number of carbonyl (C=O) groups is 2. The topological polar surface area (TPSA) is 66.4 Å². The van der Waals surface area contributed by atoms with Crippen molar-refractivity contribution in [1.29, 1.82) is 0 Å². The summed E-state index contributed by atoms with van der Waals surface area (Å²) in [5.74, 6) is -0.342. The van der Waals surface area contributed by atoms with Gasteiger partial charge in [0.05, 0.1) is 11.0 Å². The molecule has 0 fully saturated rings. The highest BCUT2D eigenvalue weighted by Crippen LogP contribution is 2.18. The minimum Gasteiger partial charge on any atom is -0.387 e. The van der Waals surface area contributed by atoms with Gasteiger partial charge in [0.1, 0.15) is 0 Å². The quantitative estimate of drug-likeness (QED) is 0.835. The Morgan fingerprint density at radius 2 is 2.05 bits per heavy atom. The van der Waals surface area contributed by atoms with Gasteiger partial charge in [-0.1, -0.05) is 24.3 Å². The third-order valence-electron chi connectivity index (χ3n) is 3.23. The van der Waals surface area contributed by atoms with Crippen molar-refractivity contribution in [2.45, 2.75) is 20.0 Å². The average molecular weight is 303 g/mol. The lowest BCUT2D eigenvalue weighted by Crippen LogP contribution is -2.28. The van der Waals surface area contributed by atoms with Gasteiger partial charge in [-0.3, -0.25) is 9.59 Å². The van der Waals surface area contributed by atoms with Crippen molar-refractivity contribution >= 4 is 23.0 Å². The van der Waals surface area contributed by atoms with Gasteiger partial charge in [-0.05, 0) is 31.0 Å². The van der Waals surface area contributed by atoms with Crippen LogP contribution in [0.3, 0.4) is 0 Å². The standard InChI is InChI=1S/C16H17NO3S/c1-10-5-3-4-6-13(10)14(19)8-17-16(20)15-7-12(9-21-15)11(2)18/h3-7,9,14,19H,8H2,1-2H3,(H,17,20). The van der Waals surface area contributed by atoms with E-state index in [2.05, 4.69) is 5.32 Å². The van der Waals surface area contributed by atoms with Crippen LogP contribution in [0.5, 0.6) is 0 Å². The van der Waals surface area contributed by atoms with Crippen molar-refractivity contribution in [3.8, 4) is 0 Å². The lowest BCUT2D eigenvalue weighted by atomic mass is 10.0. The minimum atomic E-state index is -0.748. The molecule has 0 saturated carbocycles. The predicted molar refractivity (Wildman–Crippen MR) is 82.8 cm³/mol. The van der Waals surface area contributed by atoms with Crippen molar-refractivity contribution in [1.82, 2.24) is 5.32 Å². The molecule has 0 aliphatic rings. The Hall–Kier alpha value is -1.98. The van der Waals surface area contributed by atoms with Gasteiger partial charge in [0.2, 0.25) is 0 Å². The summed E-state index contributed by atoms with van der Waals surface area (Å²) >= 11 is 1.22. The Kier molecular flexibility index (Phi) is 4.88. The van der Waals surface area contributed by atoms with Crippen molar-refractivity contribution < 1.29 is 14.7 Å². The molecule has 0 saturated heterocycles. The molecule has 1 aromatic carbocycles. The normalized spacial score (nSPS) is 12.0. The van der Waals surface area contributed by atoms with E-state index in [0.717, 1.165) is 11.1 Å². The van der Waals surface area contributed by atoms with Crippen molar-refractivity contribution in [2.24, 2.45) is 0 Å². The van der Waals surface area contributed by atoms with Crippen molar-refractivity contribution in [3.63, 3.8) is 0 Å². The van der Waals surface area contributed by atoms with Crippen LogP contribution in [-0.2, 0) is 0 Å². The molecule has 21 heavy (non-hydrogen) atoms. The largest absolute Gasteiger partial charge is 0.387 e. The highest BCUT2D eigenvalue weighted by atomic mass is 32.1. The molecule has 2 aromatic rings. The molecule has 0 radical (unpaired) electrons. The molecule has 2 rings (SSSR count). The van der Waals surface area contributed by atoms with Crippen molar-refractivity contribution in [3.05, 3.63) is 57.3 Å². The molecule has 2 N–H and O–H groups in total. The van der Waals surface area contributed by atoms with Crippen LogP contribution in [0.25, 0.3) is 0 Å². The fraction of sp³-hybridized carbons (Fsp3) is 0.250. The second-order valence-corrected chi connectivity index (χ2v) is 5.75. The number of amides is 1. The molecule has 1 unspecified atom stereocenters. The number of hydrogen-bond acceptors (Lipinski definition) is 4. The number of aryl methyl sites for hydroxylation is 1. The predicted octanol–water partition coefficient (Wildman–Crippen LogP) is 2.72. The van der Waals surface area contributed by atoms with Gasteiger partial charge in [0.15, 0.2) is 5.78 Å². The summed E-state index contributed by atoms with van der Waals surface area (Å²) in [4.78, 5) is 23.7. The first kappa shape index (κ1) is 15.4. The van der Waals surface area contributed by atoms with E-state index < -0.39 is 6.10 Å². The first-order chi connectivity index (χ1) is 9.99. The highest BCUT2D eigenvalue weighted by molar-refractivity contribution is 7.12. The van der Waals surface area contributed by atoms with Gasteiger partial charge in [-0.25, -0.2) is 0 Å². The molecular formula is C16H17NO3S. The molecule has 0 spiro atoms. The van der Waals surface area contributed by atoms with Crippen molar-refractivity contribution in [2.75, 3.05) is 6.54 Å². The first-order valence-corrected chi connectivity index (χ1v) is 7.48. The van der Waals surface area contributed by atoms with E-state index in [1.54, 1.807) is 11.4 Å². The molecular weight excluding hydrogens is 286 g/mol. The third kappa shape index (κ3) is 3.77. The summed E-state index contributed by atoms with van der Waals surface area (Å²) in [5.41, 5.74) is 2.31. The number of nitrogens with one attached hydrogen (secondary N) is 1. The van der Waals surface area contributed by atoms with Crippen LogP contribution < -0.4 is 5.32 Å². The number of thiophene rings is 1. The molecule has 0 aliphatic carbocycles.